The first-order chi connectivity index (χ1) is 5.09. The molecular formula is C8H15NO2. The quantitative estimate of drug-likeness (QED) is 0.552. The lowest BCUT2D eigenvalue weighted by Crippen LogP contribution is -2.39. The van der Waals surface area contributed by atoms with Gasteiger partial charge in [-0.15, -0.1) is 0 Å². The Kier molecular flexibility index (Phi) is 2.30. The SMILES string of the molecule is CC1(C)CC(CO)C(C=O)N1. The minimum Gasteiger partial charge on any atom is -0.396 e. The summed E-state index contributed by atoms with van der Waals surface area (Å²) in [4.78, 5) is 10.5. The summed E-state index contributed by atoms with van der Waals surface area (Å²) in [6.45, 7) is 4.18. The van der Waals surface area contributed by atoms with E-state index in [1.54, 1.807) is 0 Å². The van der Waals surface area contributed by atoms with Crippen molar-refractivity contribution in [2.75, 3.05) is 6.61 Å². The van der Waals surface area contributed by atoms with Crippen molar-refractivity contribution in [3.05, 3.63) is 0 Å². The molecule has 2 N–H and O–H groups in total. The summed E-state index contributed by atoms with van der Waals surface area (Å²) in [6.07, 6.45) is 1.75. The highest BCUT2D eigenvalue weighted by Crippen LogP contribution is 2.26. The van der Waals surface area contributed by atoms with E-state index in [1.807, 2.05) is 13.8 Å². The predicted molar refractivity (Wildman–Crippen MR) is 42.3 cm³/mol. The molecule has 2 unspecified atom stereocenters. The summed E-state index contributed by atoms with van der Waals surface area (Å²) < 4.78 is 0. The normalized spacial score (nSPS) is 35.5. The van der Waals surface area contributed by atoms with Crippen molar-refractivity contribution >= 4 is 6.29 Å². The van der Waals surface area contributed by atoms with Crippen molar-refractivity contribution in [2.24, 2.45) is 5.92 Å². The Morgan fingerprint density at radius 3 is 2.73 bits per heavy atom. The molecule has 2 atom stereocenters. The predicted octanol–water partition coefficient (Wildman–Crippen LogP) is -0.0657. The molecule has 0 spiro atoms. The number of hydrogen-bond donors (Lipinski definition) is 2. The smallest absolute Gasteiger partial charge is 0.137 e. The van der Waals surface area contributed by atoms with Gasteiger partial charge >= 0.3 is 0 Å². The van der Waals surface area contributed by atoms with Crippen LogP contribution in [0.5, 0.6) is 0 Å². The molecule has 3 nitrogen and oxygen atoms in total. The molecule has 3 heteroatoms. The van der Waals surface area contributed by atoms with Gasteiger partial charge in [0.2, 0.25) is 0 Å². The molecule has 1 heterocycles. The molecule has 1 aliphatic rings. The number of carbonyl (C=O) groups excluding carboxylic acids is 1. The first kappa shape index (κ1) is 8.68. The van der Waals surface area contributed by atoms with Gasteiger partial charge in [-0.3, -0.25) is 0 Å². The van der Waals surface area contributed by atoms with Crippen LogP contribution >= 0.6 is 0 Å². The highest BCUT2D eigenvalue weighted by Gasteiger charge is 2.37. The van der Waals surface area contributed by atoms with Crippen LogP contribution in [0.4, 0.5) is 0 Å². The maximum absolute atomic E-state index is 10.5. The summed E-state index contributed by atoms with van der Waals surface area (Å²) in [6, 6.07) is -0.157. The number of aldehydes is 1. The average molecular weight is 157 g/mol. The van der Waals surface area contributed by atoms with Gasteiger partial charge in [0.1, 0.15) is 6.29 Å². The van der Waals surface area contributed by atoms with Crippen molar-refractivity contribution < 1.29 is 9.90 Å². The second-order valence-electron chi connectivity index (χ2n) is 3.84. The molecule has 0 aromatic heterocycles. The van der Waals surface area contributed by atoms with E-state index >= 15 is 0 Å². The van der Waals surface area contributed by atoms with Crippen LogP contribution in [0.25, 0.3) is 0 Å². The van der Waals surface area contributed by atoms with Crippen LogP contribution in [0.3, 0.4) is 0 Å². The molecule has 1 saturated heterocycles. The van der Waals surface area contributed by atoms with Crippen molar-refractivity contribution in [3.63, 3.8) is 0 Å². The number of rotatable bonds is 2. The third-order valence-electron chi connectivity index (χ3n) is 2.22. The maximum Gasteiger partial charge on any atom is 0.137 e. The minimum absolute atomic E-state index is 0.00102. The standard InChI is InChI=1S/C8H15NO2/c1-8(2)3-6(4-10)7(5-11)9-8/h5-7,9-10H,3-4H2,1-2H3. The van der Waals surface area contributed by atoms with Gasteiger partial charge in [0.15, 0.2) is 0 Å². The Bertz CT molecular complexity index is 156. The fourth-order valence-electron chi connectivity index (χ4n) is 1.73. The molecule has 0 saturated carbocycles. The Morgan fingerprint density at radius 1 is 1.73 bits per heavy atom. The van der Waals surface area contributed by atoms with Crippen LogP contribution in [0.2, 0.25) is 0 Å². The number of aliphatic hydroxyl groups excluding tert-OH is 1. The van der Waals surface area contributed by atoms with E-state index in [9.17, 15) is 4.79 Å². The molecule has 1 aliphatic heterocycles. The Hall–Kier alpha value is -0.410. The number of carbonyl (C=O) groups is 1. The lowest BCUT2D eigenvalue weighted by atomic mass is 9.95. The van der Waals surface area contributed by atoms with Gasteiger partial charge in [-0.1, -0.05) is 0 Å². The van der Waals surface area contributed by atoms with Gasteiger partial charge in [0.05, 0.1) is 6.04 Å². The molecule has 0 aromatic rings. The number of hydrogen-bond acceptors (Lipinski definition) is 3. The highest BCUT2D eigenvalue weighted by atomic mass is 16.3. The molecule has 0 aliphatic carbocycles. The van der Waals surface area contributed by atoms with Gasteiger partial charge < -0.3 is 15.2 Å². The summed E-state index contributed by atoms with van der Waals surface area (Å²) in [5.74, 6) is 0.0995. The molecule has 64 valence electrons. The number of aliphatic hydroxyl groups is 1. The summed E-state index contributed by atoms with van der Waals surface area (Å²) in [5.41, 5.74) is -0.00102. The van der Waals surface area contributed by atoms with E-state index in [0.29, 0.717) is 0 Å². The van der Waals surface area contributed by atoms with Gasteiger partial charge in [0.25, 0.3) is 0 Å². The topological polar surface area (TPSA) is 49.3 Å². The second-order valence-corrected chi connectivity index (χ2v) is 3.84. The zero-order valence-corrected chi connectivity index (χ0v) is 7.00. The fraction of sp³-hybridized carbons (Fsp3) is 0.875. The third-order valence-corrected chi connectivity index (χ3v) is 2.22. The van der Waals surface area contributed by atoms with Crippen molar-refractivity contribution in [1.82, 2.24) is 5.32 Å². The molecular weight excluding hydrogens is 142 g/mol. The lowest BCUT2D eigenvalue weighted by Gasteiger charge is -2.17. The zero-order chi connectivity index (χ0) is 8.48. The molecule has 1 rings (SSSR count). The Balaban J connectivity index is 2.62. The lowest BCUT2D eigenvalue weighted by molar-refractivity contribution is -0.110. The van der Waals surface area contributed by atoms with Gasteiger partial charge in [-0.25, -0.2) is 0 Å². The first-order valence-electron chi connectivity index (χ1n) is 3.93. The summed E-state index contributed by atoms with van der Waals surface area (Å²) in [7, 11) is 0. The van der Waals surface area contributed by atoms with Crippen LogP contribution in [0.15, 0.2) is 0 Å². The molecule has 0 aromatic carbocycles. The van der Waals surface area contributed by atoms with Gasteiger partial charge in [-0.2, -0.15) is 0 Å². The maximum atomic E-state index is 10.5. The van der Waals surface area contributed by atoms with Gasteiger partial charge in [0, 0.05) is 18.1 Å². The minimum atomic E-state index is -0.157. The van der Waals surface area contributed by atoms with Crippen LogP contribution < -0.4 is 5.32 Å². The third kappa shape index (κ3) is 1.79. The monoisotopic (exact) mass is 157 g/mol. The zero-order valence-electron chi connectivity index (χ0n) is 7.00. The van der Waals surface area contributed by atoms with Crippen LogP contribution in [-0.2, 0) is 4.79 Å². The second kappa shape index (κ2) is 2.91. The van der Waals surface area contributed by atoms with E-state index in [-0.39, 0.29) is 24.1 Å². The molecule has 1 fully saturated rings. The van der Waals surface area contributed by atoms with E-state index in [2.05, 4.69) is 5.32 Å². The summed E-state index contributed by atoms with van der Waals surface area (Å²) in [5, 5.41) is 12.1. The number of nitrogens with one attached hydrogen (secondary N) is 1. The largest absolute Gasteiger partial charge is 0.396 e. The van der Waals surface area contributed by atoms with E-state index in [4.69, 9.17) is 5.11 Å². The van der Waals surface area contributed by atoms with Crippen molar-refractivity contribution in [1.29, 1.82) is 0 Å². The van der Waals surface area contributed by atoms with Crippen LogP contribution in [0.1, 0.15) is 20.3 Å². The highest BCUT2D eigenvalue weighted by molar-refractivity contribution is 5.59. The van der Waals surface area contributed by atoms with E-state index in [1.165, 1.54) is 0 Å². The van der Waals surface area contributed by atoms with Crippen molar-refractivity contribution in [2.45, 2.75) is 31.8 Å². The Morgan fingerprint density at radius 2 is 2.36 bits per heavy atom. The molecule has 11 heavy (non-hydrogen) atoms. The molecule has 0 bridgehead atoms. The fourth-order valence-corrected chi connectivity index (χ4v) is 1.73. The Labute approximate surface area is 66.8 Å². The average Bonchev–Trinajstić information content (AvgIpc) is 2.25. The van der Waals surface area contributed by atoms with Crippen molar-refractivity contribution in [3.8, 4) is 0 Å². The first-order valence-corrected chi connectivity index (χ1v) is 3.93. The summed E-state index contributed by atoms with van der Waals surface area (Å²) >= 11 is 0. The van der Waals surface area contributed by atoms with Crippen LogP contribution in [-0.4, -0.2) is 29.6 Å². The molecule has 0 radical (unpaired) electrons. The van der Waals surface area contributed by atoms with Crippen LogP contribution in [0, 0.1) is 5.92 Å². The van der Waals surface area contributed by atoms with E-state index < -0.39 is 0 Å². The van der Waals surface area contributed by atoms with E-state index in [0.717, 1.165) is 12.7 Å². The molecule has 0 amide bonds. The van der Waals surface area contributed by atoms with Gasteiger partial charge in [-0.05, 0) is 20.3 Å².